The Hall–Kier alpha value is -3.39. The van der Waals surface area contributed by atoms with Crippen molar-refractivity contribution in [1.29, 1.82) is 0 Å². The van der Waals surface area contributed by atoms with Gasteiger partial charge in [-0.25, -0.2) is 9.37 Å². The number of aliphatic hydroxyl groups is 1. The summed E-state index contributed by atoms with van der Waals surface area (Å²) >= 11 is 1.59. The van der Waals surface area contributed by atoms with Crippen LogP contribution in [0.4, 0.5) is 10.2 Å². The molecule has 1 aromatic carbocycles. The zero-order chi connectivity index (χ0) is 34.9. The number of hydrogen-bond donors (Lipinski definition) is 3. The summed E-state index contributed by atoms with van der Waals surface area (Å²) in [5.41, 5.74) is 3.68. The number of anilines is 1. The molecule has 5 atom stereocenters. The minimum atomic E-state index is -1.16. The Morgan fingerprint density at radius 2 is 1.90 bits per heavy atom. The maximum atomic E-state index is 15.4. The highest BCUT2D eigenvalue weighted by Gasteiger charge is 2.44. The van der Waals surface area contributed by atoms with E-state index in [1.165, 1.54) is 4.90 Å². The molecule has 6 rings (SSSR count). The summed E-state index contributed by atoms with van der Waals surface area (Å²) in [6.45, 7) is 13.9. The van der Waals surface area contributed by atoms with Crippen LogP contribution in [-0.2, 0) is 9.59 Å². The first-order valence-electron chi connectivity index (χ1n) is 17.6. The van der Waals surface area contributed by atoms with Crippen molar-refractivity contribution >= 4 is 29.0 Å². The summed E-state index contributed by atoms with van der Waals surface area (Å²) in [5.74, 6) is -0.292. The number of benzene rings is 1. The van der Waals surface area contributed by atoms with Gasteiger partial charge in [0, 0.05) is 51.3 Å². The lowest BCUT2D eigenvalue weighted by atomic mass is 9.91. The van der Waals surface area contributed by atoms with Crippen LogP contribution in [0, 0.1) is 12.8 Å². The number of aromatic nitrogens is 2. The fraction of sp³-hybridized carbons (Fsp3) is 0.611. The summed E-state index contributed by atoms with van der Waals surface area (Å²) in [6, 6.07) is 8.91. The molecule has 3 aromatic rings. The molecule has 3 saturated heterocycles. The normalized spacial score (nSPS) is 24.3. The van der Waals surface area contributed by atoms with E-state index in [0.717, 1.165) is 21.7 Å². The lowest BCUT2D eigenvalue weighted by Crippen LogP contribution is -2.57. The van der Waals surface area contributed by atoms with Gasteiger partial charge in [0.1, 0.15) is 17.6 Å². The molecule has 0 radical (unpaired) electrons. The molecule has 2 aromatic heterocycles. The molecule has 3 N–H and O–H groups in total. The van der Waals surface area contributed by atoms with Gasteiger partial charge in [0.15, 0.2) is 11.6 Å². The average Bonchev–Trinajstić information content (AvgIpc) is 3.82. The van der Waals surface area contributed by atoms with Crippen molar-refractivity contribution < 1.29 is 23.6 Å². The number of rotatable bonds is 10. The van der Waals surface area contributed by atoms with Crippen molar-refractivity contribution in [3.63, 3.8) is 0 Å². The summed E-state index contributed by atoms with van der Waals surface area (Å²) in [4.78, 5) is 39.1. The van der Waals surface area contributed by atoms with Crippen LogP contribution >= 0.6 is 11.3 Å². The van der Waals surface area contributed by atoms with Crippen LogP contribution in [0.2, 0.25) is 0 Å². The van der Waals surface area contributed by atoms with Crippen LogP contribution in [0.25, 0.3) is 10.4 Å². The number of piperazine rings is 1. The van der Waals surface area contributed by atoms with Crippen LogP contribution in [0.15, 0.2) is 40.4 Å². The molecule has 11 nitrogen and oxygen atoms in total. The van der Waals surface area contributed by atoms with Gasteiger partial charge in [0.05, 0.1) is 28.2 Å². The van der Waals surface area contributed by atoms with E-state index in [2.05, 4.69) is 37.5 Å². The van der Waals surface area contributed by atoms with Crippen LogP contribution in [-0.4, -0.2) is 107 Å². The van der Waals surface area contributed by atoms with Gasteiger partial charge in [-0.15, -0.1) is 11.3 Å². The number of halogens is 1. The molecule has 0 spiro atoms. The number of carbonyl (C=O) groups is 2. The van der Waals surface area contributed by atoms with E-state index in [1.54, 1.807) is 11.3 Å². The van der Waals surface area contributed by atoms with Gasteiger partial charge in [0.25, 0.3) is 0 Å². The van der Waals surface area contributed by atoms with Gasteiger partial charge in [-0.05, 0) is 63.7 Å². The number of β-amino-alcohol motifs (C(OH)–C–C–N with tert-alkyl or cyclic N) is 1. The van der Waals surface area contributed by atoms with Crippen LogP contribution < -0.4 is 15.5 Å². The highest BCUT2D eigenvalue weighted by atomic mass is 32.1. The number of likely N-dealkylation sites (tertiary alicyclic amines) is 1. The summed E-state index contributed by atoms with van der Waals surface area (Å²) in [6.07, 6.45) is 0.435. The first-order chi connectivity index (χ1) is 23.4. The number of hydrogen-bond acceptors (Lipinski definition) is 10. The number of carbonyl (C=O) groups excluding carboxylic acids is 2. The second-order valence-electron chi connectivity index (χ2n) is 14.5. The van der Waals surface area contributed by atoms with Crippen molar-refractivity contribution in [2.45, 2.75) is 89.7 Å². The predicted molar refractivity (Wildman–Crippen MR) is 188 cm³/mol. The van der Waals surface area contributed by atoms with Gasteiger partial charge < -0.3 is 30.1 Å². The van der Waals surface area contributed by atoms with Crippen molar-refractivity contribution in [1.82, 2.24) is 30.6 Å². The molecular weight excluding hydrogens is 646 g/mol. The second-order valence-corrected chi connectivity index (χ2v) is 15.3. The van der Waals surface area contributed by atoms with Crippen molar-refractivity contribution in [2.75, 3.05) is 50.7 Å². The highest BCUT2D eigenvalue weighted by Crippen LogP contribution is 2.34. The zero-order valence-electron chi connectivity index (χ0n) is 29.2. The second kappa shape index (κ2) is 14.8. The third-order valence-electron chi connectivity index (χ3n) is 10.5. The van der Waals surface area contributed by atoms with Gasteiger partial charge in [-0.1, -0.05) is 43.3 Å². The largest absolute Gasteiger partial charge is 0.391 e. The zero-order valence-corrected chi connectivity index (χ0v) is 30.0. The molecule has 2 amide bonds. The molecule has 49 heavy (non-hydrogen) atoms. The van der Waals surface area contributed by atoms with Gasteiger partial charge in [0.2, 0.25) is 11.8 Å². The smallest absolute Gasteiger partial charge is 0.243 e. The van der Waals surface area contributed by atoms with E-state index in [9.17, 15) is 14.7 Å². The van der Waals surface area contributed by atoms with E-state index in [1.807, 2.05) is 63.5 Å². The SMILES string of the molecule is Cc1ncsc1-c1ccc([C@H](C)NC(=O)[C@@H]2C[C@@H](O)CN2C(=O)[C@H](c2cc(N3CCN(CC4(F)CCNCC4)[C@@H](C)C3)no2)C(C)C)cc1. The molecular formula is C36H50FN7O4S. The Balaban J connectivity index is 1.10. The number of amides is 2. The number of aryl methyl sites for hydroxylation is 1. The van der Waals surface area contributed by atoms with E-state index in [-0.39, 0.29) is 42.8 Å². The van der Waals surface area contributed by atoms with Crippen molar-refractivity contribution in [2.24, 2.45) is 5.92 Å². The molecule has 266 valence electrons. The third kappa shape index (κ3) is 7.84. The van der Waals surface area contributed by atoms with E-state index < -0.39 is 23.7 Å². The number of nitrogens with one attached hydrogen (secondary N) is 2. The van der Waals surface area contributed by atoms with Crippen molar-refractivity contribution in [3.05, 3.63) is 52.9 Å². The number of nitrogens with zero attached hydrogens (tertiary/aromatic N) is 5. The Kier molecular flexibility index (Phi) is 10.7. The topological polar surface area (TPSA) is 127 Å². The first kappa shape index (κ1) is 35.4. The van der Waals surface area contributed by atoms with Crippen LogP contribution in [0.3, 0.4) is 0 Å². The third-order valence-corrected chi connectivity index (χ3v) is 11.4. The Bertz CT molecular complexity index is 1590. The number of piperidine rings is 1. The predicted octanol–water partition coefficient (Wildman–Crippen LogP) is 4.29. The fourth-order valence-corrected chi connectivity index (χ4v) is 8.34. The monoisotopic (exact) mass is 695 g/mol. The summed E-state index contributed by atoms with van der Waals surface area (Å²) in [5, 5.41) is 21.3. The molecule has 0 unspecified atom stereocenters. The van der Waals surface area contributed by atoms with Gasteiger partial charge in [-0.2, -0.15) is 0 Å². The Morgan fingerprint density at radius 1 is 1.16 bits per heavy atom. The van der Waals surface area contributed by atoms with Gasteiger partial charge in [-0.3, -0.25) is 14.5 Å². The maximum absolute atomic E-state index is 15.4. The molecule has 0 bridgehead atoms. The summed E-state index contributed by atoms with van der Waals surface area (Å²) < 4.78 is 21.3. The molecule has 3 aliphatic heterocycles. The lowest BCUT2D eigenvalue weighted by Gasteiger charge is -2.43. The van der Waals surface area contributed by atoms with Crippen molar-refractivity contribution in [3.8, 4) is 10.4 Å². The molecule has 0 aliphatic carbocycles. The van der Waals surface area contributed by atoms with E-state index in [4.69, 9.17) is 4.52 Å². The van der Waals surface area contributed by atoms with Crippen LogP contribution in [0.5, 0.6) is 0 Å². The Morgan fingerprint density at radius 3 is 2.55 bits per heavy atom. The number of thiazole rings is 1. The van der Waals surface area contributed by atoms with Gasteiger partial charge >= 0.3 is 0 Å². The molecule has 5 heterocycles. The molecule has 0 saturated carbocycles. The lowest BCUT2D eigenvalue weighted by molar-refractivity contribution is -0.141. The summed E-state index contributed by atoms with van der Waals surface area (Å²) in [7, 11) is 0. The molecule has 13 heteroatoms. The van der Waals surface area contributed by atoms with Crippen LogP contribution in [0.1, 0.15) is 75.9 Å². The standard InChI is InChI=1S/C36H50FN7O4S/c1-22(2)32(30-17-31(41-48-30)42-14-15-43(23(3)18-42)20-36(37)10-12-38-13-11-36)35(47)44-19-28(45)16-29(44)34(46)40-24(4)26-6-8-27(9-7-26)33-25(5)39-21-49-33/h6-9,17,21-24,28-29,32,38,45H,10-16,18-20H2,1-5H3,(H,40,46)/t23-,24-,28+,29-,32-/m0/s1. The quantitative estimate of drug-likeness (QED) is 0.285. The highest BCUT2D eigenvalue weighted by molar-refractivity contribution is 7.13. The van der Waals surface area contributed by atoms with E-state index >= 15 is 4.39 Å². The average molecular weight is 696 g/mol. The molecule has 3 fully saturated rings. The fourth-order valence-electron chi connectivity index (χ4n) is 7.53. The van der Waals surface area contributed by atoms with E-state index in [0.29, 0.717) is 63.7 Å². The minimum Gasteiger partial charge on any atom is -0.391 e. The Labute approximate surface area is 292 Å². The maximum Gasteiger partial charge on any atom is 0.243 e. The number of alkyl halides is 1. The first-order valence-corrected chi connectivity index (χ1v) is 18.4. The number of aliphatic hydroxyl groups excluding tert-OH is 1. The molecule has 3 aliphatic rings. The minimum absolute atomic E-state index is 0.0734.